The first-order chi connectivity index (χ1) is 8.61. The van der Waals surface area contributed by atoms with Gasteiger partial charge in [-0.2, -0.15) is 0 Å². The van der Waals surface area contributed by atoms with E-state index in [1.807, 2.05) is 31.2 Å². The zero-order valence-corrected chi connectivity index (χ0v) is 12.1. The number of rotatable bonds is 3. The maximum absolute atomic E-state index is 12.4. The van der Waals surface area contributed by atoms with Crippen LogP contribution in [0.5, 0.6) is 0 Å². The quantitative estimate of drug-likeness (QED) is 0.779. The van der Waals surface area contributed by atoms with Gasteiger partial charge in [0.05, 0.1) is 5.02 Å². The minimum atomic E-state index is -0.236. The van der Waals surface area contributed by atoms with Gasteiger partial charge in [0.25, 0.3) is 0 Å². The monoisotopic (exact) mass is 323 g/mol. The van der Waals surface area contributed by atoms with Gasteiger partial charge in [-0.05, 0) is 45.8 Å². The van der Waals surface area contributed by atoms with E-state index in [2.05, 4.69) is 20.9 Å². The summed E-state index contributed by atoms with van der Waals surface area (Å²) < 4.78 is 0.733. The largest absolute Gasteiger partial charge is 0.293 e. The third-order valence-corrected chi connectivity index (χ3v) is 4.11. The van der Waals surface area contributed by atoms with Crippen molar-refractivity contribution in [2.45, 2.75) is 12.8 Å². The van der Waals surface area contributed by atoms with Crippen LogP contribution in [0.4, 0.5) is 0 Å². The smallest absolute Gasteiger partial charge is 0.171 e. The molecule has 0 aliphatic heterocycles. The molecule has 0 radical (unpaired) electrons. The zero-order valence-electron chi connectivity index (χ0n) is 9.73. The molecule has 4 heteroatoms. The normalized spacial score (nSPS) is 12.2. The summed E-state index contributed by atoms with van der Waals surface area (Å²) in [6.07, 6.45) is 3.36. The highest BCUT2D eigenvalue weighted by molar-refractivity contribution is 9.10. The number of benzene rings is 1. The Bertz CT molecular complexity index is 571. The number of hydrogen-bond acceptors (Lipinski definition) is 2. The first kappa shape index (κ1) is 13.2. The average Bonchev–Trinajstić information content (AvgIpc) is 2.41. The molecule has 1 aromatic carbocycles. The number of carbonyl (C=O) groups is 1. The maximum Gasteiger partial charge on any atom is 0.171 e. The zero-order chi connectivity index (χ0) is 13.1. The van der Waals surface area contributed by atoms with Crippen LogP contribution in [0.2, 0.25) is 5.02 Å². The fraction of sp³-hybridized carbons (Fsp3) is 0.143. The molecule has 0 aliphatic carbocycles. The van der Waals surface area contributed by atoms with E-state index in [0.717, 1.165) is 10.0 Å². The second-order valence-electron chi connectivity index (χ2n) is 3.97. The van der Waals surface area contributed by atoms with E-state index < -0.39 is 0 Å². The van der Waals surface area contributed by atoms with Crippen molar-refractivity contribution in [3.05, 3.63) is 63.3 Å². The molecule has 2 rings (SSSR count). The molecular weight excluding hydrogens is 314 g/mol. The molecule has 92 valence electrons. The molecule has 0 saturated heterocycles. The third-order valence-electron chi connectivity index (χ3n) is 2.82. The van der Waals surface area contributed by atoms with E-state index in [4.69, 9.17) is 11.6 Å². The Morgan fingerprint density at radius 3 is 2.61 bits per heavy atom. The fourth-order valence-corrected chi connectivity index (χ4v) is 2.32. The molecule has 0 saturated carbocycles. The third kappa shape index (κ3) is 2.62. The number of Topliss-reactive ketones (excluding diaryl/α,β-unsaturated/α-hetero) is 1. The van der Waals surface area contributed by atoms with Crippen LogP contribution in [0.1, 0.15) is 28.8 Å². The van der Waals surface area contributed by atoms with Gasteiger partial charge in [0, 0.05) is 28.3 Å². The molecule has 0 aliphatic rings. The lowest BCUT2D eigenvalue weighted by atomic mass is 9.93. The molecule has 0 fully saturated rings. The molecule has 0 N–H and O–H groups in total. The molecule has 0 bridgehead atoms. The van der Waals surface area contributed by atoms with Crippen LogP contribution in [0.15, 0.2) is 47.2 Å². The van der Waals surface area contributed by atoms with Crippen molar-refractivity contribution in [1.29, 1.82) is 0 Å². The molecule has 1 heterocycles. The van der Waals surface area contributed by atoms with Crippen molar-refractivity contribution < 1.29 is 4.79 Å². The molecule has 1 aromatic heterocycles. The van der Waals surface area contributed by atoms with Crippen molar-refractivity contribution in [2.24, 2.45) is 0 Å². The van der Waals surface area contributed by atoms with Crippen LogP contribution < -0.4 is 0 Å². The number of carbonyl (C=O) groups excluding carboxylic acids is 1. The molecule has 2 nitrogen and oxygen atoms in total. The summed E-state index contributed by atoms with van der Waals surface area (Å²) in [4.78, 5) is 16.3. The second-order valence-corrected chi connectivity index (χ2v) is 5.20. The fourth-order valence-electron chi connectivity index (χ4n) is 1.73. The Balaban J connectivity index is 2.35. The average molecular weight is 325 g/mol. The van der Waals surface area contributed by atoms with Gasteiger partial charge in [-0.25, -0.2) is 0 Å². The van der Waals surface area contributed by atoms with Gasteiger partial charge in [-0.15, -0.1) is 0 Å². The van der Waals surface area contributed by atoms with E-state index in [1.165, 1.54) is 0 Å². The Labute approximate surface area is 119 Å². The Morgan fingerprint density at radius 1 is 1.28 bits per heavy atom. The van der Waals surface area contributed by atoms with E-state index in [1.54, 1.807) is 18.5 Å². The summed E-state index contributed by atoms with van der Waals surface area (Å²) in [6, 6.07) is 9.05. The summed E-state index contributed by atoms with van der Waals surface area (Å²) in [5.41, 5.74) is 1.47. The van der Waals surface area contributed by atoms with Crippen LogP contribution >= 0.6 is 27.5 Å². The molecule has 1 unspecified atom stereocenters. The summed E-state index contributed by atoms with van der Waals surface area (Å²) in [6.45, 7) is 1.87. The molecule has 18 heavy (non-hydrogen) atoms. The van der Waals surface area contributed by atoms with Crippen molar-refractivity contribution in [2.75, 3.05) is 0 Å². The van der Waals surface area contributed by atoms with Crippen molar-refractivity contribution in [3.63, 3.8) is 0 Å². The van der Waals surface area contributed by atoms with E-state index in [-0.39, 0.29) is 11.7 Å². The highest BCUT2D eigenvalue weighted by atomic mass is 79.9. The molecule has 1 atom stereocenters. The van der Waals surface area contributed by atoms with E-state index >= 15 is 0 Å². The van der Waals surface area contributed by atoms with Gasteiger partial charge < -0.3 is 0 Å². The van der Waals surface area contributed by atoms with Crippen LogP contribution in [0.25, 0.3) is 0 Å². The van der Waals surface area contributed by atoms with Gasteiger partial charge in [0.15, 0.2) is 5.78 Å². The van der Waals surface area contributed by atoms with E-state index in [9.17, 15) is 4.79 Å². The maximum atomic E-state index is 12.4. The first-order valence-electron chi connectivity index (χ1n) is 5.49. The standard InChI is InChI=1S/C14H11BrClNO/c1-9(10-5-7-17-8-6-10)14(18)11-3-2-4-12(15)13(11)16/h2-9H,1H3. The van der Waals surface area contributed by atoms with Crippen molar-refractivity contribution in [3.8, 4) is 0 Å². The number of nitrogens with zero attached hydrogens (tertiary/aromatic N) is 1. The molecular formula is C14H11BrClNO. The first-order valence-corrected chi connectivity index (χ1v) is 6.66. The van der Waals surface area contributed by atoms with Crippen LogP contribution in [-0.4, -0.2) is 10.8 Å². The Hall–Kier alpha value is -1.19. The summed E-state index contributed by atoms with van der Waals surface area (Å²) >= 11 is 9.47. The predicted molar refractivity (Wildman–Crippen MR) is 76.1 cm³/mol. The van der Waals surface area contributed by atoms with Crippen LogP contribution in [0, 0.1) is 0 Å². The summed E-state index contributed by atoms with van der Waals surface area (Å²) in [5.74, 6) is -0.229. The number of aromatic nitrogens is 1. The number of hydrogen-bond donors (Lipinski definition) is 0. The van der Waals surface area contributed by atoms with Crippen LogP contribution in [0.3, 0.4) is 0 Å². The minimum absolute atomic E-state index is 0.00694. The number of ketones is 1. The highest BCUT2D eigenvalue weighted by Crippen LogP contribution is 2.30. The molecule has 0 spiro atoms. The molecule has 0 amide bonds. The van der Waals surface area contributed by atoms with Crippen molar-refractivity contribution in [1.82, 2.24) is 4.98 Å². The topological polar surface area (TPSA) is 30.0 Å². The lowest BCUT2D eigenvalue weighted by Crippen LogP contribution is -2.10. The lowest BCUT2D eigenvalue weighted by Gasteiger charge is -2.12. The van der Waals surface area contributed by atoms with Gasteiger partial charge >= 0.3 is 0 Å². The van der Waals surface area contributed by atoms with Crippen molar-refractivity contribution >= 4 is 33.3 Å². The number of pyridine rings is 1. The highest BCUT2D eigenvalue weighted by Gasteiger charge is 2.20. The van der Waals surface area contributed by atoms with Gasteiger partial charge in [0.2, 0.25) is 0 Å². The van der Waals surface area contributed by atoms with E-state index in [0.29, 0.717) is 10.6 Å². The minimum Gasteiger partial charge on any atom is -0.293 e. The van der Waals surface area contributed by atoms with Gasteiger partial charge in [0.1, 0.15) is 0 Å². The SMILES string of the molecule is CC(C(=O)c1cccc(Br)c1Cl)c1ccncc1. The van der Waals surface area contributed by atoms with Crippen LogP contribution in [-0.2, 0) is 0 Å². The van der Waals surface area contributed by atoms with Gasteiger partial charge in [-0.3, -0.25) is 9.78 Å². The summed E-state index contributed by atoms with van der Waals surface area (Å²) in [7, 11) is 0. The summed E-state index contributed by atoms with van der Waals surface area (Å²) in [5, 5.41) is 0.461. The lowest BCUT2D eigenvalue weighted by molar-refractivity contribution is 0.0966. The number of halogens is 2. The Morgan fingerprint density at radius 2 is 1.94 bits per heavy atom. The Kier molecular flexibility index (Phi) is 4.15. The predicted octanol–water partition coefficient (Wildman–Crippen LogP) is 4.48. The molecule has 2 aromatic rings. The van der Waals surface area contributed by atoms with Gasteiger partial charge in [-0.1, -0.05) is 24.6 Å². The second kappa shape index (κ2) is 5.63.